The molecule has 6 heteroatoms. The average molecular weight is 270 g/mol. The first-order valence-corrected chi connectivity index (χ1v) is 7.63. The van der Waals surface area contributed by atoms with E-state index < -0.39 is 9.84 Å². The van der Waals surface area contributed by atoms with Crippen LogP contribution in [0.2, 0.25) is 0 Å². The van der Waals surface area contributed by atoms with Crippen molar-refractivity contribution in [1.82, 2.24) is 5.32 Å². The first kappa shape index (κ1) is 12.3. The Morgan fingerprint density at radius 3 is 2.35 bits per heavy atom. The van der Waals surface area contributed by atoms with E-state index in [2.05, 4.69) is 10.6 Å². The molecule has 1 aliphatic carbocycles. The van der Waals surface area contributed by atoms with Crippen molar-refractivity contribution >= 4 is 32.9 Å². The van der Waals surface area contributed by atoms with E-state index in [9.17, 15) is 8.42 Å². The average Bonchev–Trinajstić information content (AvgIpc) is 3.01. The maximum atomic E-state index is 11.3. The number of nitrogens with one attached hydrogen (secondary N) is 2. The molecule has 1 saturated carbocycles. The van der Waals surface area contributed by atoms with Crippen LogP contribution in [-0.4, -0.2) is 25.8 Å². The lowest BCUT2D eigenvalue weighted by molar-refractivity contribution is 0.602. The van der Waals surface area contributed by atoms with Crippen molar-refractivity contribution in [3.05, 3.63) is 24.3 Å². The van der Waals surface area contributed by atoms with Crippen molar-refractivity contribution < 1.29 is 8.42 Å². The molecule has 4 nitrogen and oxygen atoms in total. The Balaban J connectivity index is 2.00. The zero-order chi connectivity index (χ0) is 12.5. The SMILES string of the molecule is CS(=O)(=O)c1ccc(NC(=S)NC2CC2)cc1. The summed E-state index contributed by atoms with van der Waals surface area (Å²) in [6.45, 7) is 0. The van der Waals surface area contributed by atoms with Gasteiger partial charge >= 0.3 is 0 Å². The van der Waals surface area contributed by atoms with Crippen LogP contribution in [-0.2, 0) is 9.84 Å². The summed E-state index contributed by atoms with van der Waals surface area (Å²) in [4.78, 5) is 0.309. The van der Waals surface area contributed by atoms with E-state index in [0.29, 0.717) is 16.0 Å². The van der Waals surface area contributed by atoms with Gasteiger partial charge in [-0.15, -0.1) is 0 Å². The highest BCUT2D eigenvalue weighted by Crippen LogP contribution is 2.19. The zero-order valence-electron chi connectivity index (χ0n) is 9.43. The molecular formula is C11H14N2O2S2. The highest BCUT2D eigenvalue weighted by atomic mass is 32.2. The number of benzene rings is 1. The van der Waals surface area contributed by atoms with Gasteiger partial charge in [0, 0.05) is 18.0 Å². The van der Waals surface area contributed by atoms with Gasteiger partial charge in [-0.25, -0.2) is 8.42 Å². The Morgan fingerprint density at radius 1 is 1.29 bits per heavy atom. The normalized spacial score (nSPS) is 15.4. The van der Waals surface area contributed by atoms with Gasteiger partial charge in [0.15, 0.2) is 14.9 Å². The van der Waals surface area contributed by atoms with Gasteiger partial charge < -0.3 is 10.6 Å². The third-order valence-corrected chi connectivity index (χ3v) is 3.80. The fourth-order valence-corrected chi connectivity index (χ4v) is 2.28. The molecule has 0 aromatic heterocycles. The summed E-state index contributed by atoms with van der Waals surface area (Å²) in [7, 11) is -3.13. The molecule has 0 saturated heterocycles. The number of anilines is 1. The number of sulfone groups is 1. The molecule has 1 aliphatic rings. The number of hydrogen-bond acceptors (Lipinski definition) is 3. The summed E-state index contributed by atoms with van der Waals surface area (Å²) in [6, 6.07) is 7.05. The molecule has 92 valence electrons. The summed E-state index contributed by atoms with van der Waals surface area (Å²) in [5.74, 6) is 0. The Hall–Kier alpha value is -1.14. The summed E-state index contributed by atoms with van der Waals surface area (Å²) >= 11 is 5.12. The van der Waals surface area contributed by atoms with Crippen molar-refractivity contribution in [3.8, 4) is 0 Å². The van der Waals surface area contributed by atoms with E-state index in [-0.39, 0.29) is 0 Å². The molecule has 0 amide bonds. The monoisotopic (exact) mass is 270 g/mol. The molecule has 0 bridgehead atoms. The topological polar surface area (TPSA) is 58.2 Å². The second-order valence-corrected chi connectivity index (χ2v) is 6.59. The predicted molar refractivity (Wildman–Crippen MR) is 71.9 cm³/mol. The molecule has 0 radical (unpaired) electrons. The van der Waals surface area contributed by atoms with Crippen LogP contribution >= 0.6 is 12.2 Å². The van der Waals surface area contributed by atoms with Crippen LogP contribution in [0, 0.1) is 0 Å². The lowest BCUT2D eigenvalue weighted by Crippen LogP contribution is -2.30. The fourth-order valence-electron chi connectivity index (χ4n) is 1.37. The maximum absolute atomic E-state index is 11.3. The lowest BCUT2D eigenvalue weighted by Gasteiger charge is -2.09. The van der Waals surface area contributed by atoms with Crippen molar-refractivity contribution in [1.29, 1.82) is 0 Å². The molecule has 17 heavy (non-hydrogen) atoms. The van der Waals surface area contributed by atoms with Crippen LogP contribution in [0.25, 0.3) is 0 Å². The van der Waals surface area contributed by atoms with Crippen molar-refractivity contribution in [2.24, 2.45) is 0 Å². The van der Waals surface area contributed by atoms with Gasteiger partial charge in [-0.2, -0.15) is 0 Å². The highest BCUT2D eigenvalue weighted by molar-refractivity contribution is 7.90. The first-order chi connectivity index (χ1) is 7.95. The molecule has 1 aromatic rings. The maximum Gasteiger partial charge on any atom is 0.175 e. The van der Waals surface area contributed by atoms with E-state index in [0.717, 1.165) is 18.5 Å². The molecule has 1 aromatic carbocycles. The van der Waals surface area contributed by atoms with Gasteiger partial charge in [-0.05, 0) is 49.3 Å². The number of thiocarbonyl (C=S) groups is 1. The van der Waals surface area contributed by atoms with Crippen molar-refractivity contribution in [3.63, 3.8) is 0 Å². The summed E-state index contributed by atoms with van der Waals surface area (Å²) in [5, 5.41) is 6.75. The second kappa shape index (κ2) is 4.62. The Bertz CT molecular complexity index is 519. The van der Waals surface area contributed by atoms with E-state index in [4.69, 9.17) is 12.2 Å². The van der Waals surface area contributed by atoms with E-state index in [1.165, 1.54) is 6.26 Å². The predicted octanol–water partition coefficient (Wildman–Crippen LogP) is 1.54. The van der Waals surface area contributed by atoms with Gasteiger partial charge in [0.2, 0.25) is 0 Å². The molecule has 0 aliphatic heterocycles. The van der Waals surface area contributed by atoms with Gasteiger partial charge in [0.25, 0.3) is 0 Å². The van der Waals surface area contributed by atoms with E-state index >= 15 is 0 Å². The molecule has 0 spiro atoms. The summed E-state index contributed by atoms with van der Waals surface area (Å²) < 4.78 is 22.5. The van der Waals surface area contributed by atoms with Crippen LogP contribution in [0.15, 0.2) is 29.2 Å². The minimum Gasteiger partial charge on any atom is -0.360 e. The fraction of sp³-hybridized carbons (Fsp3) is 0.364. The highest BCUT2D eigenvalue weighted by Gasteiger charge is 2.21. The number of rotatable bonds is 3. The quantitative estimate of drug-likeness (QED) is 0.816. The largest absolute Gasteiger partial charge is 0.360 e. The number of hydrogen-bond donors (Lipinski definition) is 2. The third kappa shape index (κ3) is 3.67. The molecular weight excluding hydrogens is 256 g/mol. The minimum absolute atomic E-state index is 0.309. The molecule has 0 heterocycles. The molecule has 0 unspecified atom stereocenters. The lowest BCUT2D eigenvalue weighted by atomic mass is 10.3. The summed E-state index contributed by atoms with van der Waals surface area (Å²) in [5.41, 5.74) is 0.788. The zero-order valence-corrected chi connectivity index (χ0v) is 11.1. The first-order valence-electron chi connectivity index (χ1n) is 5.33. The molecule has 0 atom stereocenters. The second-order valence-electron chi connectivity index (χ2n) is 4.17. The van der Waals surface area contributed by atoms with Crippen molar-refractivity contribution in [2.45, 2.75) is 23.8 Å². The third-order valence-electron chi connectivity index (χ3n) is 2.45. The van der Waals surface area contributed by atoms with Gasteiger partial charge in [0.1, 0.15) is 0 Å². The summed E-state index contributed by atoms with van der Waals surface area (Å²) in [6.07, 6.45) is 3.51. The standard InChI is InChI=1S/C11H14N2O2S2/c1-17(14,15)10-6-4-9(5-7-10)13-11(16)12-8-2-3-8/h4-8H,2-3H2,1H3,(H2,12,13,16). The van der Waals surface area contributed by atoms with Crippen LogP contribution in [0.5, 0.6) is 0 Å². The molecule has 2 N–H and O–H groups in total. The van der Waals surface area contributed by atoms with E-state index in [1.54, 1.807) is 24.3 Å². The van der Waals surface area contributed by atoms with Crippen LogP contribution in [0.3, 0.4) is 0 Å². The van der Waals surface area contributed by atoms with Crippen LogP contribution in [0.4, 0.5) is 5.69 Å². The van der Waals surface area contributed by atoms with Gasteiger partial charge in [-0.1, -0.05) is 0 Å². The van der Waals surface area contributed by atoms with Gasteiger partial charge in [-0.3, -0.25) is 0 Å². The van der Waals surface area contributed by atoms with E-state index in [1.807, 2.05) is 0 Å². The van der Waals surface area contributed by atoms with Crippen LogP contribution in [0.1, 0.15) is 12.8 Å². The Labute approximate surface area is 106 Å². The smallest absolute Gasteiger partial charge is 0.175 e. The van der Waals surface area contributed by atoms with Gasteiger partial charge in [0.05, 0.1) is 4.90 Å². The Morgan fingerprint density at radius 2 is 1.88 bits per heavy atom. The minimum atomic E-state index is -3.13. The molecule has 1 fully saturated rings. The van der Waals surface area contributed by atoms with Crippen LogP contribution < -0.4 is 10.6 Å². The van der Waals surface area contributed by atoms with Crippen molar-refractivity contribution in [2.75, 3.05) is 11.6 Å². The Kier molecular flexibility index (Phi) is 3.35. The molecule has 2 rings (SSSR count).